The Morgan fingerprint density at radius 2 is 1.96 bits per heavy atom. The molecule has 2 heterocycles. The number of amides is 2. The molecule has 6 nitrogen and oxygen atoms in total. The van der Waals surface area contributed by atoms with E-state index in [9.17, 15) is 14.4 Å². The highest BCUT2D eigenvalue weighted by molar-refractivity contribution is 7.18. The number of carbonyl (C=O) groups is 3. The zero-order valence-corrected chi connectivity index (χ0v) is 15.5. The van der Waals surface area contributed by atoms with Crippen LogP contribution in [-0.4, -0.2) is 24.4 Å². The van der Waals surface area contributed by atoms with Crippen molar-refractivity contribution in [2.24, 2.45) is 5.92 Å². The minimum absolute atomic E-state index is 0.00675. The van der Waals surface area contributed by atoms with Gasteiger partial charge in [-0.25, -0.2) is 4.79 Å². The van der Waals surface area contributed by atoms with Crippen LogP contribution in [0, 0.1) is 12.8 Å². The highest BCUT2D eigenvalue weighted by atomic mass is 32.1. The van der Waals surface area contributed by atoms with Crippen LogP contribution in [0.5, 0.6) is 0 Å². The molecule has 0 spiro atoms. The number of esters is 1. The van der Waals surface area contributed by atoms with Gasteiger partial charge in [-0.3, -0.25) is 9.59 Å². The summed E-state index contributed by atoms with van der Waals surface area (Å²) in [5.41, 5.74) is 0.358. The van der Waals surface area contributed by atoms with Gasteiger partial charge < -0.3 is 15.4 Å². The van der Waals surface area contributed by atoms with Gasteiger partial charge in [-0.2, -0.15) is 0 Å². The van der Waals surface area contributed by atoms with Crippen molar-refractivity contribution in [1.29, 1.82) is 0 Å². The molecule has 3 rings (SSSR count). The molecular weight excluding hydrogens is 360 g/mol. The molecule has 0 radical (unpaired) electrons. The fourth-order valence-corrected chi connectivity index (χ4v) is 3.93. The molecule has 0 unspecified atom stereocenters. The fraction of sp³-hybridized carbons (Fsp3) is 0.353. The van der Waals surface area contributed by atoms with Crippen molar-refractivity contribution >= 4 is 50.5 Å². The van der Waals surface area contributed by atoms with Gasteiger partial charge in [0.05, 0.1) is 22.0 Å². The Morgan fingerprint density at radius 1 is 1.20 bits per heavy atom. The van der Waals surface area contributed by atoms with Gasteiger partial charge in [-0.1, -0.05) is 0 Å². The molecule has 0 atom stereocenters. The summed E-state index contributed by atoms with van der Waals surface area (Å²) < 4.78 is 5.02. The van der Waals surface area contributed by atoms with E-state index in [0.29, 0.717) is 20.4 Å². The van der Waals surface area contributed by atoms with E-state index >= 15 is 0 Å². The second-order valence-corrected chi connectivity index (χ2v) is 8.04. The van der Waals surface area contributed by atoms with Crippen molar-refractivity contribution in [3.63, 3.8) is 0 Å². The van der Waals surface area contributed by atoms with Gasteiger partial charge in [0.15, 0.2) is 0 Å². The Balaban J connectivity index is 1.69. The molecule has 2 amide bonds. The first-order valence-corrected chi connectivity index (χ1v) is 9.60. The van der Waals surface area contributed by atoms with Crippen molar-refractivity contribution in [3.05, 3.63) is 33.5 Å². The molecule has 2 N–H and O–H groups in total. The Kier molecular flexibility index (Phi) is 5.19. The average molecular weight is 378 g/mol. The third-order valence-corrected chi connectivity index (χ3v) is 5.57. The SMILES string of the molecule is CCOC(=O)c1cc(C)sc1NC(=O)c1ccc(NC(=O)C2CC2)s1. The molecule has 1 saturated carbocycles. The fourth-order valence-electron chi connectivity index (χ4n) is 2.23. The van der Waals surface area contributed by atoms with Crippen LogP contribution in [0.1, 0.15) is 44.7 Å². The van der Waals surface area contributed by atoms with E-state index in [2.05, 4.69) is 10.6 Å². The number of hydrogen-bond donors (Lipinski definition) is 2. The first-order valence-electron chi connectivity index (χ1n) is 7.97. The summed E-state index contributed by atoms with van der Waals surface area (Å²) in [5.74, 6) is -0.650. The van der Waals surface area contributed by atoms with Crippen LogP contribution in [0.4, 0.5) is 10.0 Å². The molecule has 0 aliphatic heterocycles. The zero-order chi connectivity index (χ0) is 18.0. The van der Waals surface area contributed by atoms with Crippen LogP contribution in [-0.2, 0) is 9.53 Å². The molecular formula is C17H18N2O4S2. The van der Waals surface area contributed by atoms with Crippen LogP contribution in [0.3, 0.4) is 0 Å². The van der Waals surface area contributed by atoms with Crippen LogP contribution in [0.25, 0.3) is 0 Å². The smallest absolute Gasteiger partial charge is 0.341 e. The number of rotatable bonds is 6. The monoisotopic (exact) mass is 378 g/mol. The highest BCUT2D eigenvalue weighted by Gasteiger charge is 2.30. The molecule has 2 aromatic heterocycles. The number of aryl methyl sites for hydroxylation is 1. The van der Waals surface area contributed by atoms with Crippen molar-refractivity contribution in [2.45, 2.75) is 26.7 Å². The summed E-state index contributed by atoms with van der Waals surface area (Å²) in [4.78, 5) is 37.6. The predicted octanol–water partition coefficient (Wildman–Crippen LogP) is 3.90. The molecule has 0 aromatic carbocycles. The molecule has 8 heteroatoms. The summed E-state index contributed by atoms with van der Waals surface area (Å²) >= 11 is 2.53. The van der Waals surface area contributed by atoms with E-state index < -0.39 is 5.97 Å². The topological polar surface area (TPSA) is 84.5 Å². The summed E-state index contributed by atoms with van der Waals surface area (Å²) in [6, 6.07) is 5.08. The van der Waals surface area contributed by atoms with Gasteiger partial charge >= 0.3 is 5.97 Å². The van der Waals surface area contributed by atoms with E-state index in [0.717, 1.165) is 17.7 Å². The molecule has 2 aromatic rings. The molecule has 0 saturated heterocycles. The van der Waals surface area contributed by atoms with Gasteiger partial charge in [0.1, 0.15) is 5.00 Å². The number of anilines is 2. The summed E-state index contributed by atoms with van der Waals surface area (Å²) in [6.45, 7) is 3.87. The third-order valence-electron chi connectivity index (χ3n) is 3.60. The van der Waals surface area contributed by atoms with Crippen LogP contribution in [0.15, 0.2) is 18.2 Å². The Morgan fingerprint density at radius 3 is 2.64 bits per heavy atom. The number of thiophene rings is 2. The van der Waals surface area contributed by atoms with Crippen molar-refractivity contribution in [1.82, 2.24) is 0 Å². The molecule has 1 aliphatic carbocycles. The number of nitrogens with one attached hydrogen (secondary N) is 2. The van der Waals surface area contributed by atoms with Crippen LogP contribution in [0.2, 0.25) is 0 Å². The van der Waals surface area contributed by atoms with Gasteiger partial charge in [0.2, 0.25) is 5.91 Å². The lowest BCUT2D eigenvalue weighted by atomic mass is 10.3. The maximum absolute atomic E-state index is 12.4. The summed E-state index contributed by atoms with van der Waals surface area (Å²) in [7, 11) is 0. The standard InChI is InChI=1S/C17H18N2O4S2/c1-3-23-17(22)11-8-9(2)24-16(11)19-15(21)12-6-7-13(25-12)18-14(20)10-4-5-10/h6-8,10H,3-5H2,1-2H3,(H,18,20)(H,19,21). The lowest BCUT2D eigenvalue weighted by Gasteiger charge is -2.05. The minimum Gasteiger partial charge on any atom is -0.462 e. The van der Waals surface area contributed by atoms with Crippen molar-refractivity contribution < 1.29 is 19.1 Å². The zero-order valence-electron chi connectivity index (χ0n) is 13.9. The molecule has 1 fully saturated rings. The predicted molar refractivity (Wildman–Crippen MR) is 98.6 cm³/mol. The minimum atomic E-state index is -0.453. The van der Waals surface area contributed by atoms with Gasteiger partial charge in [-0.15, -0.1) is 22.7 Å². The quantitative estimate of drug-likeness (QED) is 0.747. The largest absolute Gasteiger partial charge is 0.462 e. The van der Waals surface area contributed by atoms with E-state index in [1.54, 1.807) is 25.1 Å². The van der Waals surface area contributed by atoms with Crippen LogP contribution < -0.4 is 10.6 Å². The van der Waals surface area contributed by atoms with Crippen molar-refractivity contribution in [2.75, 3.05) is 17.2 Å². The number of hydrogen-bond acceptors (Lipinski definition) is 6. The lowest BCUT2D eigenvalue weighted by molar-refractivity contribution is -0.117. The Labute approximate surface area is 153 Å². The first kappa shape index (κ1) is 17.6. The number of ether oxygens (including phenoxy) is 1. The summed E-state index contributed by atoms with van der Waals surface area (Å²) in [6.07, 6.45) is 1.86. The van der Waals surface area contributed by atoms with E-state index in [4.69, 9.17) is 4.74 Å². The molecule has 0 bridgehead atoms. The van der Waals surface area contributed by atoms with Gasteiger partial charge in [-0.05, 0) is 44.9 Å². The van der Waals surface area contributed by atoms with Crippen LogP contribution >= 0.6 is 22.7 Å². The average Bonchev–Trinajstić information content (AvgIpc) is 3.21. The third kappa shape index (κ3) is 4.26. The second-order valence-electron chi connectivity index (χ2n) is 5.70. The molecule has 132 valence electrons. The first-order chi connectivity index (χ1) is 12.0. The van der Waals surface area contributed by atoms with E-state index in [1.165, 1.54) is 22.7 Å². The maximum Gasteiger partial charge on any atom is 0.341 e. The molecule has 1 aliphatic rings. The highest BCUT2D eigenvalue weighted by Crippen LogP contribution is 2.32. The molecule has 25 heavy (non-hydrogen) atoms. The van der Waals surface area contributed by atoms with E-state index in [-0.39, 0.29) is 24.3 Å². The maximum atomic E-state index is 12.4. The van der Waals surface area contributed by atoms with Gasteiger partial charge in [0.25, 0.3) is 5.91 Å². The normalized spacial score (nSPS) is 13.4. The van der Waals surface area contributed by atoms with Gasteiger partial charge in [0, 0.05) is 10.8 Å². The Hall–Kier alpha value is -2.19. The Bertz CT molecular complexity index is 820. The number of carbonyl (C=O) groups excluding carboxylic acids is 3. The van der Waals surface area contributed by atoms with E-state index in [1.807, 2.05) is 6.92 Å². The van der Waals surface area contributed by atoms with Crippen molar-refractivity contribution in [3.8, 4) is 0 Å². The summed E-state index contributed by atoms with van der Waals surface area (Å²) in [5, 5.41) is 6.71. The lowest BCUT2D eigenvalue weighted by Crippen LogP contribution is -2.13. The second kappa shape index (κ2) is 7.37.